The molecule has 5 N–H and O–H groups in total. The molecule has 0 fully saturated rings. The van der Waals surface area contributed by atoms with Crippen LogP contribution < -0.4 is 16.8 Å². The van der Waals surface area contributed by atoms with E-state index in [-0.39, 0.29) is 48.2 Å². The molecule has 1 atom stereocenters. The number of hydrogen-bond donors (Lipinski definition) is 3. The van der Waals surface area contributed by atoms with Crippen molar-refractivity contribution in [1.82, 2.24) is 15.3 Å². The molecule has 0 aliphatic rings. The summed E-state index contributed by atoms with van der Waals surface area (Å²) in [5, 5.41) is 2.85. The van der Waals surface area contributed by atoms with Gasteiger partial charge >= 0.3 is 0 Å². The fraction of sp³-hybridized carbons (Fsp3) is 0.545. The molecule has 8 heteroatoms. The molecule has 6 nitrogen and oxygen atoms in total. The number of anilines is 1. The highest BCUT2D eigenvalue weighted by atomic mass is 35.5. The normalized spacial score (nSPS) is 12.9. The van der Waals surface area contributed by atoms with Crippen LogP contribution >= 0.6 is 24.8 Å². The number of nitrogens with zero attached hydrogens (tertiary/aromatic N) is 2. The van der Waals surface area contributed by atoms with E-state index >= 15 is 0 Å². The van der Waals surface area contributed by atoms with Crippen LogP contribution in [0.1, 0.15) is 31.3 Å². The van der Waals surface area contributed by atoms with Gasteiger partial charge in [-0.3, -0.25) is 4.79 Å². The maximum Gasteiger partial charge on any atom is 0.274 e. The van der Waals surface area contributed by atoms with E-state index in [4.69, 9.17) is 11.5 Å². The number of carbonyl (C=O) groups is 1. The minimum Gasteiger partial charge on any atom is -0.382 e. The summed E-state index contributed by atoms with van der Waals surface area (Å²) in [5.74, 6) is -0.0280. The fourth-order valence-electron chi connectivity index (χ4n) is 1.27. The molecular weight excluding hydrogens is 289 g/mol. The van der Waals surface area contributed by atoms with Crippen molar-refractivity contribution in [1.29, 1.82) is 0 Å². The van der Waals surface area contributed by atoms with E-state index in [0.29, 0.717) is 6.54 Å². The van der Waals surface area contributed by atoms with Gasteiger partial charge in [-0.1, -0.05) is 13.8 Å². The van der Waals surface area contributed by atoms with Crippen molar-refractivity contribution in [3.63, 3.8) is 0 Å². The number of carbonyl (C=O) groups excluding carboxylic acids is 1. The molecule has 110 valence electrons. The Morgan fingerprint density at radius 3 is 2.32 bits per heavy atom. The Hall–Kier alpha value is -1.11. The zero-order chi connectivity index (χ0) is 13.1. The third kappa shape index (κ3) is 4.81. The predicted molar refractivity (Wildman–Crippen MR) is 80.7 cm³/mol. The average molecular weight is 310 g/mol. The minimum atomic E-state index is -0.485. The van der Waals surface area contributed by atoms with E-state index in [1.54, 1.807) is 0 Å². The monoisotopic (exact) mass is 309 g/mol. The Bertz CT molecular complexity index is 416. The zero-order valence-electron chi connectivity index (χ0n) is 11.2. The van der Waals surface area contributed by atoms with Crippen molar-refractivity contribution in [2.75, 3.05) is 12.3 Å². The number of nitrogen functional groups attached to an aromatic ring is 1. The molecule has 1 unspecified atom stereocenters. The lowest BCUT2D eigenvalue weighted by Crippen LogP contribution is -2.55. The van der Waals surface area contributed by atoms with Gasteiger partial charge in [0.1, 0.15) is 0 Å². The maximum absolute atomic E-state index is 12.0. The zero-order valence-corrected chi connectivity index (χ0v) is 12.8. The van der Waals surface area contributed by atoms with E-state index in [2.05, 4.69) is 15.3 Å². The summed E-state index contributed by atoms with van der Waals surface area (Å²) in [4.78, 5) is 19.7. The van der Waals surface area contributed by atoms with Crippen LogP contribution in [0.15, 0.2) is 12.4 Å². The second kappa shape index (κ2) is 8.14. The number of nitrogens with one attached hydrogen (secondary N) is 1. The number of rotatable bonds is 4. The summed E-state index contributed by atoms with van der Waals surface area (Å²) in [5.41, 5.74) is 10.9. The van der Waals surface area contributed by atoms with E-state index in [1.807, 2.05) is 20.8 Å². The molecule has 1 amide bonds. The number of hydrogen-bond acceptors (Lipinski definition) is 5. The molecule has 19 heavy (non-hydrogen) atoms. The molecule has 1 aromatic rings. The smallest absolute Gasteiger partial charge is 0.274 e. The van der Waals surface area contributed by atoms with Gasteiger partial charge in [0.05, 0.1) is 5.54 Å². The van der Waals surface area contributed by atoms with E-state index in [9.17, 15) is 4.79 Å². The molecule has 1 heterocycles. The van der Waals surface area contributed by atoms with Crippen LogP contribution in [-0.4, -0.2) is 28.0 Å². The first-order chi connectivity index (χ1) is 7.90. The molecule has 0 spiro atoms. The summed E-state index contributed by atoms with van der Waals surface area (Å²) >= 11 is 0. The van der Waals surface area contributed by atoms with Crippen molar-refractivity contribution in [3.05, 3.63) is 18.1 Å². The van der Waals surface area contributed by atoms with Crippen LogP contribution in [0.4, 0.5) is 5.82 Å². The summed E-state index contributed by atoms with van der Waals surface area (Å²) in [6.45, 7) is 6.22. The van der Waals surface area contributed by atoms with Crippen LogP contribution in [0.3, 0.4) is 0 Å². The Labute approximate surface area is 125 Å². The van der Waals surface area contributed by atoms with E-state index in [0.717, 1.165) is 0 Å². The van der Waals surface area contributed by atoms with Gasteiger partial charge in [0, 0.05) is 18.9 Å². The molecule has 0 saturated carbocycles. The maximum atomic E-state index is 12.0. The number of amides is 1. The number of nitrogens with two attached hydrogens (primary N) is 2. The summed E-state index contributed by atoms with van der Waals surface area (Å²) in [6.07, 6.45) is 2.87. The molecule has 0 saturated heterocycles. The van der Waals surface area contributed by atoms with Crippen LogP contribution in [-0.2, 0) is 0 Å². The molecule has 0 bridgehead atoms. The van der Waals surface area contributed by atoms with Crippen molar-refractivity contribution in [2.45, 2.75) is 26.3 Å². The van der Waals surface area contributed by atoms with Gasteiger partial charge in [-0.15, -0.1) is 24.8 Å². The van der Waals surface area contributed by atoms with Crippen molar-refractivity contribution in [2.24, 2.45) is 11.7 Å². The van der Waals surface area contributed by atoms with Crippen LogP contribution in [0.5, 0.6) is 0 Å². The second-order valence-corrected chi connectivity index (χ2v) is 4.52. The van der Waals surface area contributed by atoms with Crippen molar-refractivity contribution >= 4 is 36.5 Å². The minimum absolute atomic E-state index is 0. The highest BCUT2D eigenvalue weighted by Crippen LogP contribution is 2.16. The molecular formula is C11H21Cl2N5O. The lowest BCUT2D eigenvalue weighted by Gasteiger charge is -2.33. The first-order valence-electron chi connectivity index (χ1n) is 5.49. The Morgan fingerprint density at radius 1 is 1.37 bits per heavy atom. The Balaban J connectivity index is 0. The Kier molecular flexibility index (Phi) is 8.66. The quantitative estimate of drug-likeness (QED) is 0.769. The highest BCUT2D eigenvalue weighted by Gasteiger charge is 2.30. The van der Waals surface area contributed by atoms with Crippen LogP contribution in [0, 0.1) is 5.92 Å². The highest BCUT2D eigenvalue weighted by molar-refractivity contribution is 5.96. The first kappa shape index (κ1) is 20.2. The lowest BCUT2D eigenvalue weighted by atomic mass is 9.88. The Morgan fingerprint density at radius 2 is 1.89 bits per heavy atom. The summed E-state index contributed by atoms with van der Waals surface area (Å²) in [7, 11) is 0. The first-order valence-corrected chi connectivity index (χ1v) is 5.49. The van der Waals surface area contributed by atoms with Gasteiger partial charge in [0.25, 0.3) is 5.91 Å². The van der Waals surface area contributed by atoms with Gasteiger partial charge in [-0.25, -0.2) is 9.97 Å². The molecule has 0 aliphatic carbocycles. The third-order valence-corrected chi connectivity index (χ3v) is 3.04. The number of aromatic nitrogens is 2. The largest absolute Gasteiger partial charge is 0.382 e. The molecule has 0 radical (unpaired) electrons. The number of halogens is 2. The topological polar surface area (TPSA) is 107 Å². The molecule has 0 aromatic carbocycles. The van der Waals surface area contributed by atoms with Crippen LogP contribution in [0.2, 0.25) is 0 Å². The second-order valence-electron chi connectivity index (χ2n) is 4.52. The fourth-order valence-corrected chi connectivity index (χ4v) is 1.27. The van der Waals surface area contributed by atoms with Crippen molar-refractivity contribution in [3.8, 4) is 0 Å². The third-order valence-electron chi connectivity index (χ3n) is 3.04. The van der Waals surface area contributed by atoms with Gasteiger partial charge < -0.3 is 16.8 Å². The molecule has 1 aromatic heterocycles. The van der Waals surface area contributed by atoms with Gasteiger partial charge in [-0.2, -0.15) is 0 Å². The SMILES string of the molecule is CC(C)C(C)(CN)NC(=O)c1nccnc1N.Cl.Cl. The predicted octanol–water partition coefficient (Wildman–Crippen LogP) is 1.01. The average Bonchev–Trinajstić information content (AvgIpc) is 2.29. The van der Waals surface area contributed by atoms with Gasteiger partial charge in [0.15, 0.2) is 11.5 Å². The van der Waals surface area contributed by atoms with Gasteiger partial charge in [0.2, 0.25) is 0 Å². The summed E-state index contributed by atoms with van der Waals surface area (Å²) < 4.78 is 0. The van der Waals surface area contributed by atoms with Gasteiger partial charge in [-0.05, 0) is 12.8 Å². The standard InChI is InChI=1S/C11H19N5O.2ClH/c1-7(2)11(3,6-12)16-10(17)8-9(13)15-5-4-14-8;;/h4-5,7H,6,12H2,1-3H3,(H2,13,15)(H,16,17);2*1H. The van der Waals surface area contributed by atoms with E-state index in [1.165, 1.54) is 12.4 Å². The molecule has 1 rings (SSSR count). The van der Waals surface area contributed by atoms with Crippen molar-refractivity contribution < 1.29 is 4.79 Å². The lowest BCUT2D eigenvalue weighted by molar-refractivity contribution is 0.0878. The van der Waals surface area contributed by atoms with E-state index < -0.39 is 5.54 Å². The summed E-state index contributed by atoms with van der Waals surface area (Å²) in [6, 6.07) is 0. The molecule has 0 aliphatic heterocycles. The van der Waals surface area contributed by atoms with Crippen LogP contribution in [0.25, 0.3) is 0 Å².